The van der Waals surface area contributed by atoms with Gasteiger partial charge in [-0.15, -0.1) is 0 Å². The van der Waals surface area contributed by atoms with Crippen molar-refractivity contribution in [1.29, 1.82) is 0 Å². The third-order valence-corrected chi connectivity index (χ3v) is 6.42. The van der Waals surface area contributed by atoms with Crippen LogP contribution in [-0.2, 0) is 12.8 Å². The van der Waals surface area contributed by atoms with Gasteiger partial charge < -0.3 is 4.74 Å². The zero-order valence-corrected chi connectivity index (χ0v) is 20.7. The van der Waals surface area contributed by atoms with Crippen molar-refractivity contribution in [3.63, 3.8) is 0 Å². The first-order chi connectivity index (χ1) is 14.5. The first-order valence-corrected chi connectivity index (χ1v) is 12.5. The summed E-state index contributed by atoms with van der Waals surface area (Å²) in [4.78, 5) is 0. The molecule has 1 nitrogen and oxygen atoms in total. The molecule has 30 heavy (non-hydrogen) atoms. The minimum Gasteiger partial charge on any atom is -0.494 e. The number of hydrogen-bond acceptors (Lipinski definition) is 1. The fourth-order valence-electron chi connectivity index (χ4n) is 3.74. The van der Waals surface area contributed by atoms with Gasteiger partial charge in [-0.05, 0) is 97.5 Å². The van der Waals surface area contributed by atoms with Crippen molar-refractivity contribution in [3.05, 3.63) is 99.6 Å². The predicted octanol–water partition coefficient (Wildman–Crippen LogP) is 8.12. The van der Waals surface area contributed by atoms with Crippen molar-refractivity contribution in [2.24, 2.45) is 0 Å². The third-order valence-electron chi connectivity index (χ3n) is 5.65. The molecule has 0 spiro atoms. The molecule has 0 aliphatic rings. The van der Waals surface area contributed by atoms with Crippen LogP contribution in [0.2, 0.25) is 5.02 Å². The number of halogens is 2. The van der Waals surface area contributed by atoms with Crippen molar-refractivity contribution < 1.29 is 4.74 Å². The molecule has 0 saturated carbocycles. The van der Waals surface area contributed by atoms with Crippen LogP contribution in [0.15, 0.2) is 66.7 Å². The molecule has 3 aromatic rings. The Labute approximate surface area is 200 Å². The molecule has 0 fully saturated rings. The summed E-state index contributed by atoms with van der Waals surface area (Å²) in [6.07, 6.45) is 4.21. The van der Waals surface area contributed by atoms with Gasteiger partial charge in [0, 0.05) is 9.45 Å². The van der Waals surface area contributed by atoms with E-state index < -0.39 is 0 Å². The quantitative estimate of drug-likeness (QED) is 0.145. The molecule has 3 heteroatoms. The Balaban J connectivity index is 1.61. The standard InChI is InChI=1S/C27H30ClIO/c1-20-8-9-23(17-21(20)2)18-24(25-5-3-7-26(28)19-25)6-4-16-30-27-12-10-22(11-13-27)14-15-29/h3,5,7-13,17,19,24H,4,6,14-16,18H2,1-2H3. The van der Waals surface area contributed by atoms with Crippen molar-refractivity contribution in [2.75, 3.05) is 11.0 Å². The zero-order chi connectivity index (χ0) is 21.3. The van der Waals surface area contributed by atoms with Crippen LogP contribution in [0.5, 0.6) is 5.75 Å². The number of ether oxygens (including phenoxy) is 1. The maximum Gasteiger partial charge on any atom is 0.119 e. The molecular weight excluding hydrogens is 503 g/mol. The minimum atomic E-state index is 0.431. The van der Waals surface area contributed by atoms with E-state index in [0.29, 0.717) is 5.92 Å². The first-order valence-electron chi connectivity index (χ1n) is 10.6. The lowest BCUT2D eigenvalue weighted by atomic mass is 9.87. The molecule has 0 radical (unpaired) electrons. The largest absolute Gasteiger partial charge is 0.494 e. The Bertz CT molecular complexity index is 936. The normalized spacial score (nSPS) is 12.0. The van der Waals surface area contributed by atoms with Crippen LogP contribution in [0.3, 0.4) is 0 Å². The van der Waals surface area contributed by atoms with E-state index in [2.05, 4.69) is 97.1 Å². The van der Waals surface area contributed by atoms with Gasteiger partial charge in [0.15, 0.2) is 0 Å². The molecule has 0 N–H and O–H groups in total. The Kier molecular flexibility index (Phi) is 9.07. The summed E-state index contributed by atoms with van der Waals surface area (Å²) in [7, 11) is 0. The van der Waals surface area contributed by atoms with Crippen LogP contribution in [-0.4, -0.2) is 11.0 Å². The zero-order valence-electron chi connectivity index (χ0n) is 17.8. The van der Waals surface area contributed by atoms with E-state index in [4.69, 9.17) is 16.3 Å². The molecule has 3 rings (SSSR count). The van der Waals surface area contributed by atoms with Crippen LogP contribution < -0.4 is 4.74 Å². The lowest BCUT2D eigenvalue weighted by molar-refractivity contribution is 0.301. The molecule has 0 heterocycles. The molecule has 0 saturated heterocycles. The number of rotatable bonds is 10. The number of benzene rings is 3. The van der Waals surface area contributed by atoms with E-state index in [1.54, 1.807) is 0 Å². The monoisotopic (exact) mass is 532 g/mol. The topological polar surface area (TPSA) is 9.23 Å². The first kappa shape index (κ1) is 23.1. The van der Waals surface area contributed by atoms with Gasteiger partial charge in [0.2, 0.25) is 0 Å². The maximum atomic E-state index is 6.29. The second-order valence-corrected chi connectivity index (χ2v) is 9.46. The summed E-state index contributed by atoms with van der Waals surface area (Å²) in [5.74, 6) is 1.39. The van der Waals surface area contributed by atoms with Crippen molar-refractivity contribution in [3.8, 4) is 5.75 Å². The Morgan fingerprint density at radius 2 is 1.67 bits per heavy atom. The summed E-state index contributed by atoms with van der Waals surface area (Å²) in [5, 5.41) is 0.806. The van der Waals surface area contributed by atoms with E-state index in [1.807, 2.05) is 6.07 Å². The molecule has 1 atom stereocenters. The molecule has 0 amide bonds. The van der Waals surface area contributed by atoms with Crippen LogP contribution in [0, 0.1) is 13.8 Å². The molecule has 0 aliphatic carbocycles. The molecule has 0 aliphatic heterocycles. The van der Waals surface area contributed by atoms with Gasteiger partial charge in [0.1, 0.15) is 5.75 Å². The summed E-state index contributed by atoms with van der Waals surface area (Å²) in [5.41, 5.74) is 6.76. The van der Waals surface area contributed by atoms with Crippen molar-refractivity contribution in [1.82, 2.24) is 0 Å². The van der Waals surface area contributed by atoms with E-state index in [-0.39, 0.29) is 0 Å². The lowest BCUT2D eigenvalue weighted by Gasteiger charge is -2.19. The van der Waals surface area contributed by atoms with Crippen LogP contribution in [0.1, 0.15) is 46.6 Å². The maximum absolute atomic E-state index is 6.29. The molecule has 1 unspecified atom stereocenters. The van der Waals surface area contributed by atoms with Gasteiger partial charge in [0.25, 0.3) is 0 Å². The third kappa shape index (κ3) is 7.02. The van der Waals surface area contributed by atoms with Crippen LogP contribution in [0.4, 0.5) is 0 Å². The summed E-state index contributed by atoms with van der Waals surface area (Å²) in [6, 6.07) is 23.6. The van der Waals surface area contributed by atoms with E-state index in [9.17, 15) is 0 Å². The average molecular weight is 533 g/mol. The fourth-order valence-corrected chi connectivity index (χ4v) is 4.56. The predicted molar refractivity (Wildman–Crippen MR) is 138 cm³/mol. The number of hydrogen-bond donors (Lipinski definition) is 0. The van der Waals surface area contributed by atoms with Gasteiger partial charge in [-0.25, -0.2) is 0 Å². The van der Waals surface area contributed by atoms with Gasteiger partial charge in [-0.1, -0.05) is 76.7 Å². The van der Waals surface area contributed by atoms with Gasteiger partial charge in [0.05, 0.1) is 6.61 Å². The number of aryl methyl sites for hydroxylation is 3. The van der Waals surface area contributed by atoms with Crippen molar-refractivity contribution in [2.45, 2.75) is 45.4 Å². The van der Waals surface area contributed by atoms with Gasteiger partial charge in [-0.2, -0.15) is 0 Å². The molecule has 0 bridgehead atoms. The summed E-state index contributed by atoms with van der Waals surface area (Å²) < 4.78 is 7.15. The van der Waals surface area contributed by atoms with E-state index in [1.165, 1.54) is 27.8 Å². The SMILES string of the molecule is Cc1ccc(CC(CCCOc2ccc(CCI)cc2)c2cccc(Cl)c2)cc1C. The van der Waals surface area contributed by atoms with Gasteiger partial charge in [-0.3, -0.25) is 0 Å². The highest BCUT2D eigenvalue weighted by Crippen LogP contribution is 2.28. The second kappa shape index (κ2) is 11.8. The van der Waals surface area contributed by atoms with E-state index >= 15 is 0 Å². The Morgan fingerprint density at radius 3 is 2.37 bits per heavy atom. The molecule has 158 valence electrons. The summed E-state index contributed by atoms with van der Waals surface area (Å²) in [6.45, 7) is 5.08. The second-order valence-electron chi connectivity index (χ2n) is 7.95. The van der Waals surface area contributed by atoms with E-state index in [0.717, 1.165) is 47.5 Å². The average Bonchev–Trinajstić information content (AvgIpc) is 2.74. The highest BCUT2D eigenvalue weighted by Gasteiger charge is 2.14. The minimum absolute atomic E-state index is 0.431. The van der Waals surface area contributed by atoms with Crippen molar-refractivity contribution >= 4 is 34.2 Å². The lowest BCUT2D eigenvalue weighted by Crippen LogP contribution is -2.07. The molecule has 0 aromatic heterocycles. The van der Waals surface area contributed by atoms with Crippen LogP contribution in [0.25, 0.3) is 0 Å². The number of alkyl halides is 1. The smallest absolute Gasteiger partial charge is 0.119 e. The summed E-state index contributed by atoms with van der Waals surface area (Å²) >= 11 is 8.70. The highest BCUT2D eigenvalue weighted by atomic mass is 127. The Morgan fingerprint density at radius 1 is 0.900 bits per heavy atom. The Hall–Kier alpha value is -1.52. The fraction of sp³-hybridized carbons (Fsp3) is 0.333. The molecule has 3 aromatic carbocycles. The molecular formula is C27H30ClIO. The highest BCUT2D eigenvalue weighted by molar-refractivity contribution is 14.1. The van der Waals surface area contributed by atoms with Crippen LogP contribution >= 0.6 is 34.2 Å². The van der Waals surface area contributed by atoms with Gasteiger partial charge >= 0.3 is 0 Å².